The second-order valence-corrected chi connectivity index (χ2v) is 6.56. The van der Waals surface area contributed by atoms with Crippen molar-refractivity contribution in [3.05, 3.63) is 29.3 Å². The van der Waals surface area contributed by atoms with E-state index in [-0.39, 0.29) is 5.78 Å². The van der Waals surface area contributed by atoms with E-state index >= 15 is 0 Å². The van der Waals surface area contributed by atoms with E-state index < -0.39 is 17.5 Å². The number of hydrogen-bond acceptors (Lipinski definition) is 4. The smallest absolute Gasteiger partial charge is 0.317 e. The summed E-state index contributed by atoms with van der Waals surface area (Å²) in [6.45, 7) is 5.43. The van der Waals surface area contributed by atoms with E-state index in [0.29, 0.717) is 12.0 Å². The Kier molecular flexibility index (Phi) is 3.72. The molecule has 102 valence electrons. The molecule has 0 saturated heterocycles. The Morgan fingerprint density at radius 2 is 2.05 bits per heavy atom. The maximum absolute atomic E-state index is 12.3. The van der Waals surface area contributed by atoms with Gasteiger partial charge in [0.1, 0.15) is 11.5 Å². The molecular formula is C15H18O3S. The summed E-state index contributed by atoms with van der Waals surface area (Å²) >= 11 is 1.59. The number of fused-ring (bicyclic) bond motifs is 1. The van der Waals surface area contributed by atoms with Gasteiger partial charge in [-0.15, -0.1) is 11.8 Å². The molecule has 3 nitrogen and oxygen atoms in total. The molecule has 0 heterocycles. The minimum absolute atomic E-state index is 0.111. The van der Waals surface area contributed by atoms with Gasteiger partial charge in [0.25, 0.3) is 0 Å². The first-order chi connectivity index (χ1) is 8.81. The van der Waals surface area contributed by atoms with Crippen LogP contribution in [0.4, 0.5) is 0 Å². The zero-order chi connectivity index (χ0) is 14.2. The molecule has 1 aromatic rings. The monoisotopic (exact) mass is 278 g/mol. The molecule has 19 heavy (non-hydrogen) atoms. The molecule has 0 aliphatic heterocycles. The van der Waals surface area contributed by atoms with Gasteiger partial charge in [-0.1, -0.05) is 6.07 Å². The predicted molar refractivity (Wildman–Crippen MR) is 75.6 cm³/mol. The highest BCUT2D eigenvalue weighted by atomic mass is 32.2. The lowest BCUT2D eigenvalue weighted by molar-refractivity contribution is -0.157. The van der Waals surface area contributed by atoms with Gasteiger partial charge in [0.2, 0.25) is 0 Å². The third-order valence-corrected chi connectivity index (χ3v) is 3.74. The van der Waals surface area contributed by atoms with Crippen LogP contribution in [0, 0.1) is 5.92 Å². The summed E-state index contributed by atoms with van der Waals surface area (Å²) in [5.41, 5.74) is 1.05. The van der Waals surface area contributed by atoms with Gasteiger partial charge in [0.05, 0.1) is 0 Å². The summed E-state index contributed by atoms with van der Waals surface area (Å²) in [4.78, 5) is 25.4. The Balaban J connectivity index is 2.21. The van der Waals surface area contributed by atoms with Crippen LogP contribution in [0.5, 0.6) is 0 Å². The predicted octanol–water partition coefficient (Wildman–Crippen LogP) is 3.11. The van der Waals surface area contributed by atoms with Crippen molar-refractivity contribution >= 4 is 23.5 Å². The molecule has 2 rings (SSSR count). The lowest BCUT2D eigenvalue weighted by atomic mass is 10.1. The summed E-state index contributed by atoms with van der Waals surface area (Å²) < 4.78 is 5.31. The second-order valence-electron chi connectivity index (χ2n) is 5.68. The van der Waals surface area contributed by atoms with Crippen molar-refractivity contribution in [3.63, 3.8) is 0 Å². The van der Waals surface area contributed by atoms with Gasteiger partial charge in [0.15, 0.2) is 5.78 Å². The fraction of sp³-hybridized carbons (Fsp3) is 0.467. The Labute approximate surface area is 117 Å². The number of esters is 1. The van der Waals surface area contributed by atoms with Crippen molar-refractivity contribution in [1.29, 1.82) is 0 Å². The highest BCUT2D eigenvalue weighted by molar-refractivity contribution is 7.98. The zero-order valence-electron chi connectivity index (χ0n) is 11.6. The maximum atomic E-state index is 12.3. The standard InChI is InChI=1S/C15H18O3S/c1-15(2,3)18-14(17)12-7-9-5-6-10(19-4)8-11(9)13(12)16/h5-6,8,12H,7H2,1-4H3. The number of carbonyl (C=O) groups is 2. The average molecular weight is 278 g/mol. The molecule has 0 aromatic heterocycles. The quantitative estimate of drug-likeness (QED) is 0.473. The van der Waals surface area contributed by atoms with Crippen molar-refractivity contribution < 1.29 is 14.3 Å². The Bertz CT molecular complexity index is 529. The van der Waals surface area contributed by atoms with Crippen LogP contribution < -0.4 is 0 Å². The molecule has 0 amide bonds. The topological polar surface area (TPSA) is 43.4 Å². The van der Waals surface area contributed by atoms with E-state index in [9.17, 15) is 9.59 Å². The fourth-order valence-electron chi connectivity index (χ4n) is 2.15. The maximum Gasteiger partial charge on any atom is 0.317 e. The first kappa shape index (κ1) is 14.1. The van der Waals surface area contributed by atoms with Crippen LogP contribution in [0.1, 0.15) is 36.7 Å². The Morgan fingerprint density at radius 3 is 2.63 bits per heavy atom. The fourth-order valence-corrected chi connectivity index (χ4v) is 2.59. The first-order valence-electron chi connectivity index (χ1n) is 6.26. The number of thioether (sulfide) groups is 1. The van der Waals surface area contributed by atoms with Crippen LogP contribution in [-0.2, 0) is 16.0 Å². The summed E-state index contributed by atoms with van der Waals surface area (Å²) in [5.74, 6) is -1.20. The van der Waals surface area contributed by atoms with Gasteiger partial charge in [-0.2, -0.15) is 0 Å². The largest absolute Gasteiger partial charge is 0.459 e. The first-order valence-corrected chi connectivity index (χ1v) is 7.48. The third kappa shape index (κ3) is 3.00. The minimum Gasteiger partial charge on any atom is -0.459 e. The summed E-state index contributed by atoms with van der Waals surface area (Å²) in [6.07, 6.45) is 2.42. The van der Waals surface area contributed by atoms with Crippen LogP contribution in [0.25, 0.3) is 0 Å². The highest BCUT2D eigenvalue weighted by Gasteiger charge is 2.38. The van der Waals surface area contributed by atoms with Crippen LogP contribution in [0.2, 0.25) is 0 Å². The van der Waals surface area contributed by atoms with E-state index in [0.717, 1.165) is 10.5 Å². The number of benzene rings is 1. The molecule has 0 bridgehead atoms. The Hall–Kier alpha value is -1.29. The minimum atomic E-state index is -0.675. The van der Waals surface area contributed by atoms with Gasteiger partial charge < -0.3 is 4.74 Å². The van der Waals surface area contributed by atoms with Crippen molar-refractivity contribution in [2.45, 2.75) is 37.7 Å². The molecule has 1 aliphatic carbocycles. The SMILES string of the molecule is CSc1ccc2c(c1)C(=O)C(C(=O)OC(C)(C)C)C2. The molecule has 0 saturated carbocycles. The molecule has 1 unspecified atom stereocenters. The number of ketones is 1. The highest BCUT2D eigenvalue weighted by Crippen LogP contribution is 2.31. The van der Waals surface area contributed by atoms with Gasteiger partial charge in [0, 0.05) is 10.5 Å². The summed E-state index contributed by atoms with van der Waals surface area (Å²) in [7, 11) is 0. The Morgan fingerprint density at radius 1 is 1.37 bits per heavy atom. The molecule has 1 atom stereocenters. The molecule has 1 aliphatic rings. The second kappa shape index (κ2) is 5.00. The van der Waals surface area contributed by atoms with Crippen molar-refractivity contribution in [3.8, 4) is 0 Å². The number of ether oxygens (including phenoxy) is 1. The van der Waals surface area contributed by atoms with Gasteiger partial charge >= 0.3 is 5.97 Å². The van der Waals surface area contributed by atoms with Gasteiger partial charge in [-0.3, -0.25) is 9.59 Å². The summed E-state index contributed by atoms with van der Waals surface area (Å²) in [6, 6.07) is 5.78. The van der Waals surface area contributed by atoms with Crippen LogP contribution in [0.15, 0.2) is 23.1 Å². The van der Waals surface area contributed by atoms with Crippen molar-refractivity contribution in [2.75, 3.05) is 6.26 Å². The van der Waals surface area contributed by atoms with Crippen LogP contribution in [-0.4, -0.2) is 23.6 Å². The summed E-state index contributed by atoms with van der Waals surface area (Å²) in [5, 5.41) is 0. The number of hydrogen-bond donors (Lipinski definition) is 0. The molecular weight excluding hydrogens is 260 g/mol. The van der Waals surface area contributed by atoms with Gasteiger partial charge in [-0.05, 0) is 51.1 Å². The average Bonchev–Trinajstić information content (AvgIpc) is 2.64. The molecule has 1 aromatic carbocycles. The van der Waals surface area contributed by atoms with E-state index in [4.69, 9.17) is 4.74 Å². The third-order valence-electron chi connectivity index (χ3n) is 3.01. The molecule has 4 heteroatoms. The lowest BCUT2D eigenvalue weighted by Gasteiger charge is -2.21. The molecule has 0 radical (unpaired) electrons. The van der Waals surface area contributed by atoms with E-state index in [1.54, 1.807) is 11.8 Å². The van der Waals surface area contributed by atoms with E-state index in [1.807, 2.05) is 45.2 Å². The molecule has 0 spiro atoms. The zero-order valence-corrected chi connectivity index (χ0v) is 12.5. The van der Waals surface area contributed by atoms with Crippen molar-refractivity contribution in [2.24, 2.45) is 5.92 Å². The number of carbonyl (C=O) groups excluding carboxylic acids is 2. The van der Waals surface area contributed by atoms with E-state index in [2.05, 4.69) is 0 Å². The van der Waals surface area contributed by atoms with Crippen molar-refractivity contribution in [1.82, 2.24) is 0 Å². The van der Waals surface area contributed by atoms with Crippen LogP contribution >= 0.6 is 11.8 Å². The van der Waals surface area contributed by atoms with E-state index in [1.165, 1.54) is 0 Å². The molecule has 0 fully saturated rings. The lowest BCUT2D eigenvalue weighted by Crippen LogP contribution is -2.31. The molecule has 0 N–H and O–H groups in total. The number of rotatable bonds is 2. The number of Topliss-reactive ketones (excluding diaryl/α,β-unsaturated/α-hetero) is 1. The van der Waals surface area contributed by atoms with Crippen LogP contribution in [0.3, 0.4) is 0 Å². The van der Waals surface area contributed by atoms with Gasteiger partial charge in [-0.25, -0.2) is 0 Å². The normalized spacial score (nSPS) is 18.3.